The molecule has 0 heterocycles. The van der Waals surface area contributed by atoms with Crippen molar-refractivity contribution in [2.45, 2.75) is 4.90 Å². The number of sulfone groups is 1. The van der Waals surface area contributed by atoms with Crippen molar-refractivity contribution in [2.24, 2.45) is 0 Å². The third kappa shape index (κ3) is 4.24. The van der Waals surface area contributed by atoms with Crippen LogP contribution in [0.15, 0.2) is 27.6 Å². The molecule has 0 fully saturated rings. The molecule has 18 heavy (non-hydrogen) atoms. The van der Waals surface area contributed by atoms with Gasteiger partial charge in [0.25, 0.3) is 0 Å². The van der Waals surface area contributed by atoms with Crippen molar-refractivity contribution in [3.05, 3.63) is 28.2 Å². The van der Waals surface area contributed by atoms with Gasteiger partial charge >= 0.3 is 0 Å². The molecule has 0 aliphatic rings. The molecule has 98 valence electrons. The quantitative estimate of drug-likeness (QED) is 0.750. The minimum absolute atomic E-state index is 0.0614. The number of nitrogens with zero attached hydrogens (tertiary/aromatic N) is 1. The third-order valence-corrected chi connectivity index (χ3v) is 5.80. The molecule has 0 spiro atoms. The summed E-state index contributed by atoms with van der Waals surface area (Å²) < 4.78 is 45.4. The van der Waals surface area contributed by atoms with Crippen LogP contribution in [0.3, 0.4) is 0 Å². The van der Waals surface area contributed by atoms with Crippen LogP contribution in [0.1, 0.15) is 5.56 Å². The van der Waals surface area contributed by atoms with E-state index in [1.54, 1.807) is 0 Å². The average Bonchev–Trinajstić information content (AvgIpc) is 2.25. The van der Waals surface area contributed by atoms with Crippen molar-refractivity contribution in [1.82, 2.24) is 0 Å². The molecule has 0 amide bonds. The summed E-state index contributed by atoms with van der Waals surface area (Å²) in [5.74, 6) is -1.26. The molecule has 9 heteroatoms. The summed E-state index contributed by atoms with van der Waals surface area (Å²) in [7, 11) is -2.64. The Labute approximate surface area is 118 Å². The second-order valence-corrected chi connectivity index (χ2v) is 9.18. The van der Waals surface area contributed by atoms with E-state index < -0.39 is 30.4 Å². The number of benzene rings is 1. The van der Waals surface area contributed by atoms with Crippen molar-refractivity contribution >= 4 is 45.5 Å². The summed E-state index contributed by atoms with van der Waals surface area (Å²) in [6, 6.07) is 5.72. The molecule has 0 aliphatic heterocycles. The predicted molar refractivity (Wildman–Crippen MR) is 70.5 cm³/mol. The van der Waals surface area contributed by atoms with Gasteiger partial charge < -0.3 is 0 Å². The van der Waals surface area contributed by atoms with Crippen molar-refractivity contribution < 1.29 is 16.8 Å². The molecule has 5 nitrogen and oxygen atoms in total. The molecule has 0 saturated carbocycles. The van der Waals surface area contributed by atoms with Gasteiger partial charge in [-0.25, -0.2) is 16.8 Å². The van der Waals surface area contributed by atoms with Crippen LogP contribution in [0.2, 0.25) is 0 Å². The van der Waals surface area contributed by atoms with Gasteiger partial charge in [0, 0.05) is 15.2 Å². The van der Waals surface area contributed by atoms with E-state index in [1.807, 2.05) is 6.07 Å². The maximum Gasteiger partial charge on any atom is 0.233 e. The smallest absolute Gasteiger partial charge is 0.224 e. The fourth-order valence-corrected chi connectivity index (χ4v) is 4.78. The van der Waals surface area contributed by atoms with Crippen LogP contribution in [0.25, 0.3) is 0 Å². The molecule has 1 aromatic rings. The van der Waals surface area contributed by atoms with E-state index in [1.165, 1.54) is 18.2 Å². The normalized spacial score (nSPS) is 12.1. The Balaban J connectivity index is 3.07. The Hall–Kier alpha value is -0.620. The zero-order valence-corrected chi connectivity index (χ0v) is 12.8. The van der Waals surface area contributed by atoms with Gasteiger partial charge in [-0.3, -0.25) is 0 Å². The van der Waals surface area contributed by atoms with Crippen LogP contribution in [0.5, 0.6) is 0 Å². The largest absolute Gasteiger partial charge is 0.233 e. The lowest BCUT2D eigenvalue weighted by Gasteiger charge is -2.04. The van der Waals surface area contributed by atoms with Gasteiger partial charge in [0.1, 0.15) is 6.07 Å². The van der Waals surface area contributed by atoms with Gasteiger partial charge in [-0.2, -0.15) is 5.26 Å². The molecule has 0 saturated heterocycles. The number of nitriles is 1. The summed E-state index contributed by atoms with van der Waals surface area (Å²) in [5.41, 5.74) is 0.291. The Morgan fingerprint density at radius 2 is 1.83 bits per heavy atom. The first-order valence-corrected chi connectivity index (χ1v) is 9.43. The molecular weight excluding hydrogens is 366 g/mol. The zero-order valence-electron chi connectivity index (χ0n) is 8.80. The van der Waals surface area contributed by atoms with Gasteiger partial charge in [-0.1, -0.05) is 0 Å². The van der Waals surface area contributed by atoms with Gasteiger partial charge in [-0.05, 0) is 34.1 Å². The maximum atomic E-state index is 11.8. The first kappa shape index (κ1) is 15.4. The SMILES string of the molecule is N#Cc1ccc(S(=O)(=O)CCS(=O)(=O)Cl)cc1Br. The number of hydrogen-bond donors (Lipinski definition) is 0. The molecule has 0 unspecified atom stereocenters. The fraction of sp³-hybridized carbons (Fsp3) is 0.222. The Bertz CT molecular complexity index is 707. The predicted octanol–water partition coefficient (Wildman–Crippen LogP) is 1.66. The van der Waals surface area contributed by atoms with Crippen molar-refractivity contribution in [1.29, 1.82) is 5.26 Å². The molecule has 0 radical (unpaired) electrons. The summed E-state index contributed by atoms with van der Waals surface area (Å²) in [6.45, 7) is 0. The lowest BCUT2D eigenvalue weighted by molar-refractivity contribution is 0.592. The molecule has 0 aliphatic carbocycles. The van der Waals surface area contributed by atoms with Crippen LogP contribution in [-0.2, 0) is 18.9 Å². The maximum absolute atomic E-state index is 11.8. The van der Waals surface area contributed by atoms with Crippen LogP contribution in [-0.4, -0.2) is 28.3 Å². The summed E-state index contributed by atoms with van der Waals surface area (Å²) in [4.78, 5) is -0.0614. The van der Waals surface area contributed by atoms with E-state index in [4.69, 9.17) is 15.9 Å². The second-order valence-electron chi connectivity index (χ2n) is 3.32. The van der Waals surface area contributed by atoms with E-state index in [2.05, 4.69) is 15.9 Å². The topological polar surface area (TPSA) is 92.1 Å². The third-order valence-electron chi connectivity index (χ3n) is 2.02. The molecule has 0 bridgehead atoms. The second kappa shape index (κ2) is 5.57. The summed E-state index contributed by atoms with van der Waals surface area (Å²) >= 11 is 3.06. The highest BCUT2D eigenvalue weighted by Gasteiger charge is 2.19. The monoisotopic (exact) mass is 371 g/mol. The minimum Gasteiger partial charge on any atom is -0.224 e. The Morgan fingerprint density at radius 1 is 1.22 bits per heavy atom. The number of hydrogen-bond acceptors (Lipinski definition) is 5. The lowest BCUT2D eigenvalue weighted by Crippen LogP contribution is -2.14. The van der Waals surface area contributed by atoms with Crippen LogP contribution < -0.4 is 0 Å². The molecule has 0 atom stereocenters. The van der Waals surface area contributed by atoms with E-state index in [-0.39, 0.29) is 4.90 Å². The highest BCUT2D eigenvalue weighted by molar-refractivity contribution is 9.10. The molecule has 1 rings (SSSR count). The van der Waals surface area contributed by atoms with E-state index in [0.717, 1.165) is 0 Å². The van der Waals surface area contributed by atoms with Gasteiger partial charge in [0.05, 0.1) is 22.0 Å². The van der Waals surface area contributed by atoms with Crippen molar-refractivity contribution in [2.75, 3.05) is 11.5 Å². The number of rotatable bonds is 4. The van der Waals surface area contributed by atoms with Crippen LogP contribution in [0, 0.1) is 11.3 Å². The molecular formula is C9H7BrClNO4S2. The minimum atomic E-state index is -3.86. The Kier molecular flexibility index (Phi) is 4.78. The first-order valence-electron chi connectivity index (χ1n) is 4.50. The molecule has 1 aromatic carbocycles. The zero-order chi connectivity index (χ0) is 14.0. The molecule has 0 aromatic heterocycles. The van der Waals surface area contributed by atoms with Crippen molar-refractivity contribution in [3.63, 3.8) is 0 Å². The lowest BCUT2D eigenvalue weighted by atomic mass is 10.2. The van der Waals surface area contributed by atoms with E-state index in [9.17, 15) is 16.8 Å². The van der Waals surface area contributed by atoms with Gasteiger partial charge in [0.2, 0.25) is 9.05 Å². The first-order chi connectivity index (χ1) is 8.15. The van der Waals surface area contributed by atoms with Crippen molar-refractivity contribution in [3.8, 4) is 6.07 Å². The number of halogens is 2. The van der Waals surface area contributed by atoms with Crippen LogP contribution in [0.4, 0.5) is 0 Å². The highest BCUT2D eigenvalue weighted by atomic mass is 79.9. The molecule has 0 N–H and O–H groups in total. The highest BCUT2D eigenvalue weighted by Crippen LogP contribution is 2.21. The van der Waals surface area contributed by atoms with E-state index in [0.29, 0.717) is 10.0 Å². The Morgan fingerprint density at radius 3 is 2.28 bits per heavy atom. The fourth-order valence-electron chi connectivity index (χ4n) is 1.11. The standard InChI is InChI=1S/C9H7BrClNO4S2/c10-9-5-8(2-1-7(9)6-12)17(13,14)3-4-18(11,15)16/h1-2,5H,3-4H2. The average molecular weight is 373 g/mol. The summed E-state index contributed by atoms with van der Waals surface area (Å²) in [6.07, 6.45) is 0. The van der Waals surface area contributed by atoms with Crippen LogP contribution >= 0.6 is 26.6 Å². The van der Waals surface area contributed by atoms with Gasteiger partial charge in [-0.15, -0.1) is 0 Å². The van der Waals surface area contributed by atoms with Gasteiger partial charge in [0.15, 0.2) is 9.84 Å². The summed E-state index contributed by atoms with van der Waals surface area (Å²) in [5, 5.41) is 8.70. The van der Waals surface area contributed by atoms with E-state index >= 15 is 0 Å².